The Hall–Kier alpha value is -1.46. The zero-order valence-electron chi connectivity index (χ0n) is 7.22. The largest absolute Gasteiger partial charge is 0.480 e. The number of nitrogens with two attached hydrogens (primary N) is 1. The first-order valence-corrected chi connectivity index (χ1v) is 3.94. The molecule has 0 aliphatic rings. The van der Waals surface area contributed by atoms with Crippen molar-refractivity contribution in [3.63, 3.8) is 0 Å². The number of hydrogen-bond donors (Lipinski definition) is 3. The van der Waals surface area contributed by atoms with Gasteiger partial charge in [-0.15, -0.1) is 0 Å². The summed E-state index contributed by atoms with van der Waals surface area (Å²) in [6.45, 7) is 0. The minimum atomic E-state index is -1.45. The Morgan fingerprint density at radius 3 is 2.64 bits per heavy atom. The molecule has 0 spiro atoms. The van der Waals surface area contributed by atoms with Crippen LogP contribution in [0.25, 0.3) is 0 Å². The maximum Gasteiger partial charge on any atom is 0.323 e. The molecule has 1 aromatic rings. The van der Waals surface area contributed by atoms with E-state index in [-0.39, 0.29) is 5.56 Å². The fourth-order valence-corrected chi connectivity index (χ4v) is 1.03. The highest BCUT2D eigenvalue weighted by Gasteiger charge is 2.23. The summed E-state index contributed by atoms with van der Waals surface area (Å²) in [4.78, 5) is 10.4. The van der Waals surface area contributed by atoms with Gasteiger partial charge in [0, 0.05) is 0 Å². The van der Waals surface area contributed by atoms with E-state index in [1.165, 1.54) is 18.2 Å². The summed E-state index contributed by atoms with van der Waals surface area (Å²) in [6, 6.07) is 3.59. The van der Waals surface area contributed by atoms with Crippen molar-refractivity contribution in [1.29, 1.82) is 0 Å². The third-order valence-corrected chi connectivity index (χ3v) is 1.82. The van der Waals surface area contributed by atoms with E-state index in [9.17, 15) is 14.3 Å². The van der Waals surface area contributed by atoms with Crippen LogP contribution in [0.4, 0.5) is 4.39 Å². The van der Waals surface area contributed by atoms with Gasteiger partial charge in [0.05, 0.1) is 0 Å². The Bertz CT molecular complexity index is 343. The number of carbonyl (C=O) groups is 1. The van der Waals surface area contributed by atoms with Crippen molar-refractivity contribution in [2.75, 3.05) is 0 Å². The molecule has 5 heteroatoms. The first kappa shape index (κ1) is 10.6. The Morgan fingerprint density at radius 1 is 1.50 bits per heavy atom. The van der Waals surface area contributed by atoms with Crippen molar-refractivity contribution in [2.24, 2.45) is 5.73 Å². The van der Waals surface area contributed by atoms with Gasteiger partial charge in [-0.3, -0.25) is 4.79 Å². The van der Waals surface area contributed by atoms with Crippen LogP contribution in [0.3, 0.4) is 0 Å². The first-order chi connectivity index (χ1) is 6.52. The van der Waals surface area contributed by atoms with Crippen LogP contribution in [0.2, 0.25) is 0 Å². The molecule has 2 unspecified atom stereocenters. The highest BCUT2D eigenvalue weighted by molar-refractivity contribution is 5.74. The Labute approximate surface area is 79.8 Å². The highest BCUT2D eigenvalue weighted by atomic mass is 19.1. The Kier molecular flexibility index (Phi) is 3.16. The third kappa shape index (κ3) is 2.27. The standard InChI is InChI=1S/C9H10FNO3/c10-6-3-1-2-5(4-6)8(12)7(11)9(13)14/h1-4,7-8,12H,11H2,(H,13,14). The molecule has 0 saturated carbocycles. The van der Waals surface area contributed by atoms with E-state index < -0.39 is 23.9 Å². The van der Waals surface area contributed by atoms with E-state index in [1.54, 1.807) is 0 Å². The van der Waals surface area contributed by atoms with Gasteiger partial charge in [-0.1, -0.05) is 12.1 Å². The average Bonchev–Trinajstić information content (AvgIpc) is 2.15. The maximum atomic E-state index is 12.7. The lowest BCUT2D eigenvalue weighted by molar-refractivity contribution is -0.141. The zero-order valence-corrected chi connectivity index (χ0v) is 7.22. The predicted molar refractivity (Wildman–Crippen MR) is 47.0 cm³/mol. The van der Waals surface area contributed by atoms with Crippen LogP contribution < -0.4 is 5.73 Å². The fraction of sp³-hybridized carbons (Fsp3) is 0.222. The van der Waals surface area contributed by atoms with Crippen LogP contribution in [-0.2, 0) is 4.79 Å². The molecule has 0 radical (unpaired) electrons. The second-order valence-corrected chi connectivity index (χ2v) is 2.86. The van der Waals surface area contributed by atoms with Gasteiger partial charge in [-0.2, -0.15) is 0 Å². The van der Waals surface area contributed by atoms with E-state index in [1.807, 2.05) is 0 Å². The summed E-state index contributed by atoms with van der Waals surface area (Å²) >= 11 is 0. The van der Waals surface area contributed by atoms with E-state index in [4.69, 9.17) is 10.8 Å². The molecule has 0 aromatic heterocycles. The number of aliphatic carboxylic acids is 1. The average molecular weight is 199 g/mol. The molecule has 0 heterocycles. The summed E-state index contributed by atoms with van der Waals surface area (Å²) in [5.41, 5.74) is 5.32. The quantitative estimate of drug-likeness (QED) is 0.652. The van der Waals surface area contributed by atoms with Crippen LogP contribution in [0.15, 0.2) is 24.3 Å². The molecule has 2 atom stereocenters. The predicted octanol–water partition coefficient (Wildman–Crippen LogP) is 0.271. The molecular weight excluding hydrogens is 189 g/mol. The molecule has 0 amide bonds. The lowest BCUT2D eigenvalue weighted by Gasteiger charge is -2.14. The number of carboxylic acid groups (broad SMARTS) is 1. The van der Waals surface area contributed by atoms with Crippen molar-refractivity contribution in [3.8, 4) is 0 Å². The zero-order chi connectivity index (χ0) is 10.7. The lowest BCUT2D eigenvalue weighted by Crippen LogP contribution is -2.36. The second kappa shape index (κ2) is 4.17. The molecule has 14 heavy (non-hydrogen) atoms. The first-order valence-electron chi connectivity index (χ1n) is 3.94. The number of benzene rings is 1. The monoisotopic (exact) mass is 199 g/mol. The van der Waals surface area contributed by atoms with Gasteiger partial charge < -0.3 is 15.9 Å². The van der Waals surface area contributed by atoms with Crippen molar-refractivity contribution in [3.05, 3.63) is 35.6 Å². The summed E-state index contributed by atoms with van der Waals surface area (Å²) < 4.78 is 12.7. The van der Waals surface area contributed by atoms with Crippen LogP contribution in [0, 0.1) is 5.82 Å². The second-order valence-electron chi connectivity index (χ2n) is 2.86. The lowest BCUT2D eigenvalue weighted by atomic mass is 10.0. The third-order valence-electron chi connectivity index (χ3n) is 1.82. The number of halogens is 1. The van der Waals surface area contributed by atoms with Crippen LogP contribution in [0.5, 0.6) is 0 Å². The molecule has 0 aliphatic heterocycles. The van der Waals surface area contributed by atoms with E-state index >= 15 is 0 Å². The van der Waals surface area contributed by atoms with Crippen LogP contribution in [-0.4, -0.2) is 22.2 Å². The summed E-state index contributed by atoms with van der Waals surface area (Å²) in [6.07, 6.45) is -1.40. The van der Waals surface area contributed by atoms with Crippen LogP contribution >= 0.6 is 0 Å². The molecule has 0 fully saturated rings. The molecule has 0 saturated heterocycles. The van der Waals surface area contributed by atoms with Gasteiger partial charge in [0.2, 0.25) is 0 Å². The van der Waals surface area contributed by atoms with Gasteiger partial charge in [-0.05, 0) is 17.7 Å². The number of aliphatic hydroxyl groups excluding tert-OH is 1. The minimum absolute atomic E-state index is 0.153. The number of aliphatic hydroxyl groups is 1. The molecular formula is C9H10FNO3. The molecule has 0 bridgehead atoms. The van der Waals surface area contributed by atoms with Crippen LogP contribution in [0.1, 0.15) is 11.7 Å². The molecule has 76 valence electrons. The van der Waals surface area contributed by atoms with E-state index in [0.29, 0.717) is 0 Å². The maximum absolute atomic E-state index is 12.7. The van der Waals surface area contributed by atoms with Crippen molar-refractivity contribution >= 4 is 5.97 Å². The normalized spacial score (nSPS) is 14.8. The molecule has 1 rings (SSSR count). The Morgan fingerprint density at radius 2 is 2.14 bits per heavy atom. The topological polar surface area (TPSA) is 83.6 Å². The summed E-state index contributed by atoms with van der Waals surface area (Å²) in [5.74, 6) is -1.87. The number of rotatable bonds is 3. The molecule has 1 aromatic carbocycles. The Balaban J connectivity index is 2.89. The summed E-state index contributed by atoms with van der Waals surface area (Å²) in [5, 5.41) is 17.9. The van der Waals surface area contributed by atoms with Crippen molar-refractivity contribution in [1.82, 2.24) is 0 Å². The van der Waals surface area contributed by atoms with E-state index in [0.717, 1.165) is 6.07 Å². The van der Waals surface area contributed by atoms with Gasteiger partial charge >= 0.3 is 5.97 Å². The van der Waals surface area contributed by atoms with Gasteiger partial charge in [0.1, 0.15) is 18.0 Å². The summed E-state index contributed by atoms with van der Waals surface area (Å²) in [7, 11) is 0. The highest BCUT2D eigenvalue weighted by Crippen LogP contribution is 2.16. The molecule has 4 nitrogen and oxygen atoms in total. The molecule has 4 N–H and O–H groups in total. The van der Waals surface area contributed by atoms with E-state index in [2.05, 4.69) is 0 Å². The van der Waals surface area contributed by atoms with Gasteiger partial charge in [0.25, 0.3) is 0 Å². The minimum Gasteiger partial charge on any atom is -0.480 e. The van der Waals surface area contributed by atoms with Gasteiger partial charge in [0.15, 0.2) is 0 Å². The van der Waals surface area contributed by atoms with Crippen molar-refractivity contribution in [2.45, 2.75) is 12.1 Å². The molecule has 0 aliphatic carbocycles. The fourth-order valence-electron chi connectivity index (χ4n) is 1.03. The SMILES string of the molecule is NC(C(=O)O)C(O)c1cccc(F)c1. The number of carboxylic acids is 1. The number of hydrogen-bond acceptors (Lipinski definition) is 3. The van der Waals surface area contributed by atoms with Gasteiger partial charge in [-0.25, -0.2) is 4.39 Å². The van der Waals surface area contributed by atoms with Crippen molar-refractivity contribution < 1.29 is 19.4 Å². The smallest absolute Gasteiger partial charge is 0.323 e.